The molecule has 0 bridgehead atoms. The number of nitrogens with one attached hydrogen (secondary N) is 1. The van der Waals surface area contributed by atoms with Crippen molar-refractivity contribution in [2.24, 2.45) is 0 Å². The van der Waals surface area contributed by atoms with Crippen LogP contribution in [-0.2, 0) is 16.0 Å². The predicted molar refractivity (Wildman–Crippen MR) is 85.3 cm³/mol. The van der Waals surface area contributed by atoms with Crippen LogP contribution in [0.15, 0.2) is 17.5 Å². The first-order valence-corrected chi connectivity index (χ1v) is 8.61. The van der Waals surface area contributed by atoms with Gasteiger partial charge in [0.1, 0.15) is 0 Å². The Labute approximate surface area is 130 Å². The summed E-state index contributed by atoms with van der Waals surface area (Å²) in [6, 6.07) is 4.28. The van der Waals surface area contributed by atoms with Crippen molar-refractivity contribution in [1.29, 1.82) is 0 Å². The normalized spacial score (nSPS) is 15.7. The van der Waals surface area contributed by atoms with Crippen molar-refractivity contribution in [2.75, 3.05) is 13.1 Å². The molecule has 1 saturated carbocycles. The van der Waals surface area contributed by atoms with Gasteiger partial charge in [0, 0.05) is 30.9 Å². The van der Waals surface area contributed by atoms with Gasteiger partial charge in [-0.2, -0.15) is 0 Å². The van der Waals surface area contributed by atoms with Crippen molar-refractivity contribution in [1.82, 2.24) is 10.2 Å². The molecule has 0 radical (unpaired) electrons. The molecule has 0 saturated heterocycles. The van der Waals surface area contributed by atoms with Crippen LogP contribution in [0, 0.1) is 0 Å². The summed E-state index contributed by atoms with van der Waals surface area (Å²) in [7, 11) is 0. The molecule has 1 aromatic heterocycles. The van der Waals surface area contributed by atoms with Gasteiger partial charge in [-0.1, -0.05) is 25.3 Å². The second-order valence-electron chi connectivity index (χ2n) is 5.61. The van der Waals surface area contributed by atoms with E-state index in [-0.39, 0.29) is 11.8 Å². The van der Waals surface area contributed by atoms with Crippen LogP contribution >= 0.6 is 11.3 Å². The molecule has 1 aromatic rings. The molecule has 21 heavy (non-hydrogen) atoms. The van der Waals surface area contributed by atoms with Crippen molar-refractivity contribution in [3.8, 4) is 0 Å². The molecule has 1 aliphatic rings. The standard InChI is InChI=1S/C16H24N2O2S/c1-13(19)18(14-6-3-2-4-7-14)10-9-17-16(20)12-15-8-5-11-21-15/h5,8,11,14H,2-4,6-7,9-10,12H2,1H3,(H,17,20). The highest BCUT2D eigenvalue weighted by atomic mass is 32.1. The Hall–Kier alpha value is -1.36. The Kier molecular flexibility index (Phi) is 6.23. The van der Waals surface area contributed by atoms with E-state index in [0.29, 0.717) is 25.6 Å². The van der Waals surface area contributed by atoms with E-state index < -0.39 is 0 Å². The first-order valence-electron chi connectivity index (χ1n) is 7.73. The molecule has 5 heteroatoms. The summed E-state index contributed by atoms with van der Waals surface area (Å²) in [5.41, 5.74) is 0. The molecular formula is C16H24N2O2S. The van der Waals surface area contributed by atoms with Gasteiger partial charge in [0.25, 0.3) is 0 Å². The van der Waals surface area contributed by atoms with E-state index in [0.717, 1.165) is 17.7 Å². The van der Waals surface area contributed by atoms with Gasteiger partial charge in [0.2, 0.25) is 11.8 Å². The fraction of sp³-hybridized carbons (Fsp3) is 0.625. The van der Waals surface area contributed by atoms with Gasteiger partial charge in [-0.3, -0.25) is 9.59 Å². The number of carbonyl (C=O) groups excluding carboxylic acids is 2. The number of rotatable bonds is 6. The van der Waals surface area contributed by atoms with E-state index >= 15 is 0 Å². The minimum absolute atomic E-state index is 0.0320. The Morgan fingerprint density at radius 1 is 1.33 bits per heavy atom. The summed E-state index contributed by atoms with van der Waals surface area (Å²) in [6.07, 6.45) is 6.32. The Morgan fingerprint density at radius 2 is 2.10 bits per heavy atom. The van der Waals surface area contributed by atoms with Crippen LogP contribution in [0.5, 0.6) is 0 Å². The van der Waals surface area contributed by atoms with Crippen LogP contribution in [0.4, 0.5) is 0 Å². The van der Waals surface area contributed by atoms with E-state index in [9.17, 15) is 9.59 Å². The highest BCUT2D eigenvalue weighted by Gasteiger charge is 2.22. The molecular weight excluding hydrogens is 284 g/mol. The minimum Gasteiger partial charge on any atom is -0.354 e. The van der Waals surface area contributed by atoms with Gasteiger partial charge in [-0.25, -0.2) is 0 Å². The van der Waals surface area contributed by atoms with Gasteiger partial charge < -0.3 is 10.2 Å². The summed E-state index contributed by atoms with van der Waals surface area (Å²) < 4.78 is 0. The highest BCUT2D eigenvalue weighted by molar-refractivity contribution is 7.10. The van der Waals surface area contributed by atoms with Crippen molar-refractivity contribution in [2.45, 2.75) is 51.5 Å². The van der Waals surface area contributed by atoms with Gasteiger partial charge in [0.05, 0.1) is 6.42 Å². The second-order valence-corrected chi connectivity index (χ2v) is 6.64. The zero-order chi connectivity index (χ0) is 15.1. The van der Waals surface area contributed by atoms with Gasteiger partial charge in [-0.15, -0.1) is 11.3 Å². The molecule has 1 fully saturated rings. The van der Waals surface area contributed by atoms with E-state index in [1.165, 1.54) is 19.3 Å². The Morgan fingerprint density at radius 3 is 2.71 bits per heavy atom. The van der Waals surface area contributed by atoms with E-state index in [1.807, 2.05) is 22.4 Å². The second kappa shape index (κ2) is 8.17. The van der Waals surface area contributed by atoms with E-state index in [4.69, 9.17) is 0 Å². The maximum absolute atomic E-state index is 11.8. The zero-order valence-electron chi connectivity index (χ0n) is 12.6. The zero-order valence-corrected chi connectivity index (χ0v) is 13.5. The number of thiophene rings is 1. The van der Waals surface area contributed by atoms with Crippen molar-refractivity contribution < 1.29 is 9.59 Å². The molecule has 116 valence electrons. The Balaban J connectivity index is 1.74. The third-order valence-corrected chi connectivity index (χ3v) is 4.89. The Bertz CT molecular complexity index is 453. The van der Waals surface area contributed by atoms with Crippen molar-refractivity contribution in [3.05, 3.63) is 22.4 Å². The molecule has 2 rings (SSSR count). The third-order valence-electron chi connectivity index (χ3n) is 4.01. The minimum atomic E-state index is 0.0320. The molecule has 0 aromatic carbocycles. The summed E-state index contributed by atoms with van der Waals surface area (Å²) >= 11 is 1.59. The summed E-state index contributed by atoms with van der Waals surface area (Å²) in [5, 5.41) is 4.89. The van der Waals surface area contributed by atoms with Crippen LogP contribution < -0.4 is 5.32 Å². The molecule has 0 unspecified atom stereocenters. The first-order chi connectivity index (χ1) is 10.2. The summed E-state index contributed by atoms with van der Waals surface area (Å²) in [6.45, 7) is 2.79. The number of amides is 2. The van der Waals surface area contributed by atoms with Crippen LogP contribution in [0.25, 0.3) is 0 Å². The quantitative estimate of drug-likeness (QED) is 0.878. The largest absolute Gasteiger partial charge is 0.354 e. The van der Waals surface area contributed by atoms with Gasteiger partial charge in [0.15, 0.2) is 0 Å². The summed E-state index contributed by atoms with van der Waals surface area (Å²) in [4.78, 5) is 26.6. The number of hydrogen-bond donors (Lipinski definition) is 1. The monoisotopic (exact) mass is 308 g/mol. The fourth-order valence-electron chi connectivity index (χ4n) is 2.94. The summed E-state index contributed by atoms with van der Waals surface area (Å²) in [5.74, 6) is 0.152. The molecule has 2 amide bonds. The van der Waals surface area contributed by atoms with E-state index in [2.05, 4.69) is 5.32 Å². The lowest BCUT2D eigenvalue weighted by atomic mass is 9.94. The van der Waals surface area contributed by atoms with E-state index in [1.54, 1.807) is 18.3 Å². The van der Waals surface area contributed by atoms with Crippen molar-refractivity contribution >= 4 is 23.2 Å². The lowest BCUT2D eigenvalue weighted by Gasteiger charge is -2.33. The molecule has 4 nitrogen and oxygen atoms in total. The molecule has 1 N–H and O–H groups in total. The molecule has 0 atom stereocenters. The molecule has 0 aliphatic heterocycles. The first kappa shape index (κ1) is 16.0. The predicted octanol–water partition coefficient (Wildman–Crippen LogP) is 2.59. The van der Waals surface area contributed by atoms with Gasteiger partial charge in [-0.05, 0) is 24.3 Å². The van der Waals surface area contributed by atoms with Gasteiger partial charge >= 0.3 is 0 Å². The average molecular weight is 308 g/mol. The van der Waals surface area contributed by atoms with Crippen molar-refractivity contribution in [3.63, 3.8) is 0 Å². The fourth-order valence-corrected chi connectivity index (χ4v) is 3.64. The third kappa shape index (κ3) is 5.16. The maximum atomic E-state index is 11.8. The lowest BCUT2D eigenvalue weighted by molar-refractivity contribution is -0.132. The smallest absolute Gasteiger partial charge is 0.225 e. The molecule has 1 aliphatic carbocycles. The average Bonchev–Trinajstić information content (AvgIpc) is 2.97. The molecule has 1 heterocycles. The maximum Gasteiger partial charge on any atom is 0.225 e. The number of nitrogens with zero attached hydrogens (tertiary/aromatic N) is 1. The number of carbonyl (C=O) groups is 2. The van der Waals surface area contributed by atoms with Crippen LogP contribution in [0.2, 0.25) is 0 Å². The number of hydrogen-bond acceptors (Lipinski definition) is 3. The molecule has 0 spiro atoms. The van der Waals surface area contributed by atoms with Crippen LogP contribution in [-0.4, -0.2) is 35.8 Å². The lowest BCUT2D eigenvalue weighted by Crippen LogP contribution is -2.44. The SMILES string of the molecule is CC(=O)N(CCNC(=O)Cc1cccs1)C1CCCCC1. The topological polar surface area (TPSA) is 49.4 Å². The van der Waals surface area contributed by atoms with Crippen LogP contribution in [0.1, 0.15) is 43.9 Å². The van der Waals surface area contributed by atoms with Crippen LogP contribution in [0.3, 0.4) is 0 Å². The highest BCUT2D eigenvalue weighted by Crippen LogP contribution is 2.22.